The molecule has 2 aromatic carbocycles. The smallest absolute Gasteiger partial charge is 0.251 e. The monoisotopic (exact) mass is 348 g/mol. The van der Waals surface area contributed by atoms with Gasteiger partial charge in [-0.25, -0.2) is 4.98 Å². The summed E-state index contributed by atoms with van der Waals surface area (Å²) in [6.07, 6.45) is 6.36. The maximum Gasteiger partial charge on any atom is 0.251 e. The number of rotatable bonds is 4. The number of nitrogens with zero attached hydrogens (tertiary/aromatic N) is 1. The van der Waals surface area contributed by atoms with Crippen molar-refractivity contribution in [1.29, 1.82) is 0 Å². The number of carbonyl (C=O) groups is 1. The number of aromatic nitrogens is 2. The molecule has 0 atom stereocenters. The number of fused-ring (bicyclic) bond motifs is 1. The molecule has 0 bridgehead atoms. The summed E-state index contributed by atoms with van der Waals surface area (Å²) in [5.41, 5.74) is 9.81. The molecular weight excluding hydrogens is 324 g/mol. The first-order valence-corrected chi connectivity index (χ1v) is 9.33. The number of anilines is 1. The summed E-state index contributed by atoms with van der Waals surface area (Å²) in [4.78, 5) is 20.4. The average Bonchev–Trinajstić information content (AvgIpc) is 3.10. The number of benzene rings is 2. The molecule has 4 N–H and O–H groups in total. The molecule has 1 heterocycles. The molecule has 0 aliphatic heterocycles. The molecule has 1 aliphatic carbocycles. The summed E-state index contributed by atoms with van der Waals surface area (Å²) in [5, 5.41) is 3.09. The Morgan fingerprint density at radius 1 is 1.12 bits per heavy atom. The van der Waals surface area contributed by atoms with Gasteiger partial charge in [-0.2, -0.15) is 0 Å². The zero-order chi connectivity index (χ0) is 17.9. The van der Waals surface area contributed by atoms with E-state index in [1.807, 2.05) is 42.5 Å². The Balaban J connectivity index is 1.49. The van der Waals surface area contributed by atoms with Crippen molar-refractivity contribution < 1.29 is 4.79 Å². The SMILES string of the molecule is Nc1ccc(-c2nc3ccc(C(=O)NCC4CCCCC4)cc3[nH]2)cc1. The normalized spacial score (nSPS) is 15.2. The molecule has 5 heteroatoms. The molecule has 1 aromatic heterocycles. The maximum atomic E-state index is 12.5. The summed E-state index contributed by atoms with van der Waals surface area (Å²) < 4.78 is 0. The Hall–Kier alpha value is -2.82. The number of hydrogen-bond acceptors (Lipinski definition) is 3. The molecule has 1 saturated carbocycles. The van der Waals surface area contributed by atoms with Crippen molar-refractivity contribution in [2.45, 2.75) is 32.1 Å². The second-order valence-corrected chi connectivity index (χ2v) is 7.15. The third-order valence-electron chi connectivity index (χ3n) is 5.20. The molecular formula is C21H24N4O. The van der Waals surface area contributed by atoms with Crippen LogP contribution in [0.3, 0.4) is 0 Å². The molecule has 134 valence electrons. The number of nitrogens with two attached hydrogens (primary N) is 1. The molecule has 1 fully saturated rings. The summed E-state index contributed by atoms with van der Waals surface area (Å²) >= 11 is 0. The van der Waals surface area contributed by atoms with E-state index in [9.17, 15) is 4.79 Å². The number of hydrogen-bond donors (Lipinski definition) is 3. The van der Waals surface area contributed by atoms with E-state index in [2.05, 4.69) is 15.3 Å². The van der Waals surface area contributed by atoms with Crippen molar-refractivity contribution in [2.24, 2.45) is 5.92 Å². The third kappa shape index (κ3) is 3.57. The fourth-order valence-electron chi connectivity index (χ4n) is 3.66. The molecule has 3 aromatic rings. The fraction of sp³-hybridized carbons (Fsp3) is 0.333. The molecule has 0 unspecified atom stereocenters. The van der Waals surface area contributed by atoms with Gasteiger partial charge in [0.05, 0.1) is 11.0 Å². The molecule has 1 amide bonds. The minimum atomic E-state index is -0.0129. The zero-order valence-electron chi connectivity index (χ0n) is 14.8. The van der Waals surface area contributed by atoms with Crippen LogP contribution in [0.1, 0.15) is 42.5 Å². The number of aromatic amines is 1. The van der Waals surface area contributed by atoms with Crippen molar-refractivity contribution in [1.82, 2.24) is 15.3 Å². The van der Waals surface area contributed by atoms with Gasteiger partial charge >= 0.3 is 0 Å². The van der Waals surface area contributed by atoms with Crippen molar-refractivity contribution in [3.8, 4) is 11.4 Å². The predicted molar refractivity (Wildman–Crippen MR) is 105 cm³/mol. The topological polar surface area (TPSA) is 83.8 Å². The van der Waals surface area contributed by atoms with E-state index < -0.39 is 0 Å². The summed E-state index contributed by atoms with van der Waals surface area (Å²) in [7, 11) is 0. The van der Waals surface area contributed by atoms with Crippen LogP contribution in [0.15, 0.2) is 42.5 Å². The number of amides is 1. The quantitative estimate of drug-likeness (QED) is 0.620. The standard InChI is InChI=1S/C21H24N4O/c22-17-9-6-15(7-10-17)20-24-18-11-8-16(12-19(18)25-20)21(26)23-13-14-4-2-1-3-5-14/h6-12,14H,1-5,13,22H2,(H,23,26)(H,24,25). The molecule has 4 rings (SSSR count). The number of H-pyrrole nitrogens is 1. The molecule has 5 nitrogen and oxygen atoms in total. The van der Waals surface area contributed by atoms with E-state index in [1.165, 1.54) is 32.1 Å². The van der Waals surface area contributed by atoms with Crippen LogP contribution in [-0.4, -0.2) is 22.4 Å². The van der Waals surface area contributed by atoms with Gasteiger partial charge in [0.25, 0.3) is 5.91 Å². The van der Waals surface area contributed by atoms with Crippen LogP contribution in [0, 0.1) is 5.92 Å². The Kier molecular flexibility index (Phi) is 4.61. The van der Waals surface area contributed by atoms with E-state index in [4.69, 9.17) is 5.73 Å². The Morgan fingerprint density at radius 2 is 1.88 bits per heavy atom. The molecule has 0 spiro atoms. The van der Waals surface area contributed by atoms with Crippen LogP contribution in [0.4, 0.5) is 5.69 Å². The van der Waals surface area contributed by atoms with Gasteiger partial charge in [-0.1, -0.05) is 19.3 Å². The van der Waals surface area contributed by atoms with Crippen molar-refractivity contribution in [3.05, 3.63) is 48.0 Å². The second-order valence-electron chi connectivity index (χ2n) is 7.15. The fourth-order valence-corrected chi connectivity index (χ4v) is 3.66. The summed E-state index contributed by atoms with van der Waals surface area (Å²) in [6, 6.07) is 13.2. The largest absolute Gasteiger partial charge is 0.399 e. The highest BCUT2D eigenvalue weighted by atomic mass is 16.1. The summed E-state index contributed by atoms with van der Waals surface area (Å²) in [6.45, 7) is 0.774. The van der Waals surface area contributed by atoms with E-state index in [-0.39, 0.29) is 5.91 Å². The Labute approximate surface area is 153 Å². The first kappa shape index (κ1) is 16.6. The van der Waals surface area contributed by atoms with Crippen LogP contribution in [0.5, 0.6) is 0 Å². The molecule has 0 saturated heterocycles. The highest BCUT2D eigenvalue weighted by Gasteiger charge is 2.15. The van der Waals surface area contributed by atoms with E-state index in [0.29, 0.717) is 11.5 Å². The van der Waals surface area contributed by atoms with Crippen LogP contribution in [0.25, 0.3) is 22.4 Å². The first-order valence-electron chi connectivity index (χ1n) is 9.33. The van der Waals surface area contributed by atoms with Gasteiger partial charge < -0.3 is 16.0 Å². The molecule has 1 aliphatic rings. The lowest BCUT2D eigenvalue weighted by molar-refractivity contribution is 0.0943. The van der Waals surface area contributed by atoms with Gasteiger partial charge in [0.2, 0.25) is 0 Å². The lowest BCUT2D eigenvalue weighted by Crippen LogP contribution is -2.30. The van der Waals surface area contributed by atoms with Crippen molar-refractivity contribution in [2.75, 3.05) is 12.3 Å². The van der Waals surface area contributed by atoms with Crippen molar-refractivity contribution in [3.63, 3.8) is 0 Å². The molecule has 26 heavy (non-hydrogen) atoms. The minimum Gasteiger partial charge on any atom is -0.399 e. The maximum absolute atomic E-state index is 12.5. The van der Waals surface area contributed by atoms with Crippen LogP contribution in [0.2, 0.25) is 0 Å². The van der Waals surface area contributed by atoms with E-state index >= 15 is 0 Å². The zero-order valence-corrected chi connectivity index (χ0v) is 14.8. The van der Waals surface area contributed by atoms with E-state index in [0.717, 1.165) is 34.7 Å². The predicted octanol–water partition coefficient (Wildman–Crippen LogP) is 4.12. The third-order valence-corrected chi connectivity index (χ3v) is 5.20. The van der Waals surface area contributed by atoms with E-state index in [1.54, 1.807) is 0 Å². The van der Waals surface area contributed by atoms with Crippen LogP contribution >= 0.6 is 0 Å². The summed E-state index contributed by atoms with van der Waals surface area (Å²) in [5.74, 6) is 1.39. The Bertz CT molecular complexity index is 907. The van der Waals surface area contributed by atoms with Gasteiger partial charge in [0, 0.05) is 23.4 Å². The highest BCUT2D eigenvalue weighted by molar-refractivity contribution is 5.97. The van der Waals surface area contributed by atoms with Gasteiger partial charge in [-0.3, -0.25) is 4.79 Å². The number of nitrogen functional groups attached to an aromatic ring is 1. The lowest BCUT2D eigenvalue weighted by Gasteiger charge is -2.21. The average molecular weight is 348 g/mol. The van der Waals surface area contributed by atoms with Gasteiger partial charge in [0.1, 0.15) is 5.82 Å². The number of nitrogens with one attached hydrogen (secondary N) is 2. The lowest BCUT2D eigenvalue weighted by atomic mass is 9.89. The second kappa shape index (κ2) is 7.20. The van der Waals surface area contributed by atoms with Gasteiger partial charge in [-0.15, -0.1) is 0 Å². The number of carbonyl (C=O) groups excluding carboxylic acids is 1. The van der Waals surface area contributed by atoms with Crippen LogP contribution < -0.4 is 11.1 Å². The Morgan fingerprint density at radius 3 is 2.65 bits per heavy atom. The van der Waals surface area contributed by atoms with Gasteiger partial charge in [-0.05, 0) is 61.2 Å². The van der Waals surface area contributed by atoms with Crippen molar-refractivity contribution >= 4 is 22.6 Å². The molecule has 0 radical (unpaired) electrons. The first-order chi connectivity index (χ1) is 12.7. The number of imidazole rings is 1. The highest BCUT2D eigenvalue weighted by Crippen LogP contribution is 2.24. The minimum absolute atomic E-state index is 0.0129. The van der Waals surface area contributed by atoms with Gasteiger partial charge in [0.15, 0.2) is 0 Å². The van der Waals surface area contributed by atoms with Crippen LogP contribution in [-0.2, 0) is 0 Å².